The predicted molar refractivity (Wildman–Crippen MR) is 76.9 cm³/mol. The number of benzene rings is 1. The lowest BCUT2D eigenvalue weighted by Gasteiger charge is -2.29. The van der Waals surface area contributed by atoms with Gasteiger partial charge in [0.25, 0.3) is 0 Å². The van der Waals surface area contributed by atoms with Crippen LogP contribution in [0.25, 0.3) is 0 Å². The molecule has 1 saturated carbocycles. The number of rotatable bonds is 5. The van der Waals surface area contributed by atoms with Gasteiger partial charge < -0.3 is 10.2 Å². The number of halogens is 1. The van der Waals surface area contributed by atoms with Crippen LogP contribution in [-0.4, -0.2) is 19.1 Å². The maximum absolute atomic E-state index is 14.3. The van der Waals surface area contributed by atoms with Crippen molar-refractivity contribution >= 4 is 5.69 Å². The lowest BCUT2D eigenvalue weighted by Crippen LogP contribution is -2.32. The van der Waals surface area contributed by atoms with Crippen LogP contribution >= 0.6 is 0 Å². The first-order valence-corrected chi connectivity index (χ1v) is 7.53. The zero-order valence-electron chi connectivity index (χ0n) is 11.7. The minimum atomic E-state index is -0.0525. The molecule has 1 aliphatic carbocycles. The van der Waals surface area contributed by atoms with Crippen LogP contribution in [0, 0.1) is 11.7 Å². The van der Waals surface area contributed by atoms with Gasteiger partial charge in [-0.25, -0.2) is 4.39 Å². The van der Waals surface area contributed by atoms with Gasteiger partial charge in [-0.1, -0.05) is 13.0 Å². The smallest absolute Gasteiger partial charge is 0.146 e. The summed E-state index contributed by atoms with van der Waals surface area (Å²) in [5, 5.41) is 3.31. The molecular weight excluding hydrogens is 239 g/mol. The fraction of sp³-hybridized carbons (Fsp3) is 0.625. The van der Waals surface area contributed by atoms with Crippen molar-refractivity contribution < 1.29 is 4.39 Å². The van der Waals surface area contributed by atoms with Crippen molar-refractivity contribution in [3.8, 4) is 0 Å². The Labute approximate surface area is 115 Å². The number of anilines is 1. The Morgan fingerprint density at radius 1 is 1.37 bits per heavy atom. The molecular formula is C16H23FN2. The number of piperidine rings is 1. The molecule has 1 aliphatic heterocycles. The second-order valence-electron chi connectivity index (χ2n) is 5.95. The minimum Gasteiger partial charge on any atom is -0.366 e. The van der Waals surface area contributed by atoms with Gasteiger partial charge in [-0.3, -0.25) is 0 Å². The van der Waals surface area contributed by atoms with Crippen LogP contribution in [0.1, 0.15) is 38.2 Å². The third kappa shape index (κ3) is 2.62. The van der Waals surface area contributed by atoms with Crippen molar-refractivity contribution in [3.63, 3.8) is 0 Å². The van der Waals surface area contributed by atoms with E-state index in [9.17, 15) is 4.39 Å². The van der Waals surface area contributed by atoms with Gasteiger partial charge in [0.05, 0.1) is 5.69 Å². The van der Waals surface area contributed by atoms with Crippen LogP contribution in [0.5, 0.6) is 0 Å². The average Bonchev–Trinajstić information content (AvgIpc) is 3.01. The molecule has 1 saturated heterocycles. The number of nitrogens with one attached hydrogen (secondary N) is 1. The molecule has 1 N–H and O–H groups in total. The highest BCUT2D eigenvalue weighted by atomic mass is 19.1. The summed E-state index contributed by atoms with van der Waals surface area (Å²) in [6.07, 6.45) is 4.95. The molecule has 2 fully saturated rings. The van der Waals surface area contributed by atoms with Gasteiger partial charge in [-0.15, -0.1) is 0 Å². The van der Waals surface area contributed by atoms with Gasteiger partial charge in [-0.2, -0.15) is 0 Å². The standard InChI is InChI=1S/C16H23FN2/c1-2-7-18-10-12-4-6-16(15(17)9-12)19-11-13-3-5-14(19)8-13/h4,6,9,13-14,18H,2-3,5,7-8,10-11H2,1H3. The van der Waals surface area contributed by atoms with E-state index in [0.717, 1.165) is 43.2 Å². The van der Waals surface area contributed by atoms with Crippen molar-refractivity contribution in [2.24, 2.45) is 5.92 Å². The van der Waals surface area contributed by atoms with Gasteiger partial charge in [0, 0.05) is 19.1 Å². The zero-order valence-corrected chi connectivity index (χ0v) is 11.7. The second-order valence-corrected chi connectivity index (χ2v) is 5.95. The Hall–Kier alpha value is -1.09. The van der Waals surface area contributed by atoms with Crippen LogP contribution < -0.4 is 10.2 Å². The Bertz CT molecular complexity index is 446. The summed E-state index contributed by atoms with van der Waals surface area (Å²) < 4.78 is 14.3. The topological polar surface area (TPSA) is 15.3 Å². The first kappa shape index (κ1) is 12.9. The first-order valence-electron chi connectivity index (χ1n) is 7.53. The maximum Gasteiger partial charge on any atom is 0.146 e. The molecule has 0 radical (unpaired) electrons. The summed E-state index contributed by atoms with van der Waals surface area (Å²) in [5.41, 5.74) is 1.85. The van der Waals surface area contributed by atoms with Gasteiger partial charge in [0.15, 0.2) is 0 Å². The second kappa shape index (κ2) is 5.49. The Morgan fingerprint density at radius 3 is 2.89 bits per heavy atom. The van der Waals surface area contributed by atoms with Crippen LogP contribution in [-0.2, 0) is 6.54 Å². The molecule has 1 aromatic carbocycles. The Kier molecular flexibility index (Phi) is 3.74. The molecule has 2 atom stereocenters. The molecule has 2 bridgehead atoms. The summed E-state index contributed by atoms with van der Waals surface area (Å²) in [6.45, 7) is 4.93. The van der Waals surface area contributed by atoms with Crippen LogP contribution in [0.3, 0.4) is 0 Å². The Balaban J connectivity index is 1.69. The van der Waals surface area contributed by atoms with E-state index in [2.05, 4.69) is 23.2 Å². The first-order chi connectivity index (χ1) is 9.28. The molecule has 0 amide bonds. The van der Waals surface area contributed by atoms with Crippen molar-refractivity contribution in [2.45, 2.75) is 45.2 Å². The van der Waals surface area contributed by atoms with Crippen molar-refractivity contribution in [2.75, 3.05) is 18.0 Å². The normalized spacial score (nSPS) is 25.3. The molecule has 2 unspecified atom stereocenters. The molecule has 104 valence electrons. The van der Waals surface area contributed by atoms with E-state index in [0.29, 0.717) is 6.04 Å². The third-order valence-corrected chi connectivity index (χ3v) is 4.49. The minimum absolute atomic E-state index is 0.0525. The van der Waals surface area contributed by atoms with Crippen LogP contribution in [0.4, 0.5) is 10.1 Å². The average molecular weight is 262 g/mol. The van der Waals surface area contributed by atoms with E-state index in [-0.39, 0.29) is 5.82 Å². The fourth-order valence-electron chi connectivity index (χ4n) is 3.52. The van der Waals surface area contributed by atoms with Gasteiger partial charge in [0.1, 0.15) is 5.82 Å². The molecule has 0 aromatic heterocycles. The predicted octanol–water partition coefficient (Wildman–Crippen LogP) is 3.31. The van der Waals surface area contributed by atoms with Crippen LogP contribution in [0.2, 0.25) is 0 Å². The van der Waals surface area contributed by atoms with Gasteiger partial charge >= 0.3 is 0 Å². The summed E-state index contributed by atoms with van der Waals surface area (Å²) >= 11 is 0. The molecule has 0 spiro atoms. The molecule has 19 heavy (non-hydrogen) atoms. The molecule has 1 heterocycles. The maximum atomic E-state index is 14.3. The quantitative estimate of drug-likeness (QED) is 0.819. The molecule has 2 nitrogen and oxygen atoms in total. The molecule has 3 rings (SSSR count). The number of hydrogen-bond donors (Lipinski definition) is 1. The highest BCUT2D eigenvalue weighted by Crippen LogP contribution is 2.40. The SMILES string of the molecule is CCCNCc1ccc(N2CC3CCC2C3)c(F)c1. The van der Waals surface area contributed by atoms with E-state index >= 15 is 0 Å². The summed E-state index contributed by atoms with van der Waals surface area (Å²) in [4.78, 5) is 2.28. The van der Waals surface area contributed by atoms with E-state index in [1.807, 2.05) is 6.07 Å². The number of hydrogen-bond acceptors (Lipinski definition) is 2. The van der Waals surface area contributed by atoms with Gasteiger partial charge in [0.2, 0.25) is 0 Å². The fourth-order valence-corrected chi connectivity index (χ4v) is 3.52. The number of fused-ring (bicyclic) bond motifs is 2. The van der Waals surface area contributed by atoms with E-state index in [1.54, 1.807) is 6.07 Å². The summed E-state index contributed by atoms with van der Waals surface area (Å²) in [7, 11) is 0. The van der Waals surface area contributed by atoms with Crippen molar-refractivity contribution in [1.29, 1.82) is 0 Å². The third-order valence-electron chi connectivity index (χ3n) is 4.49. The lowest BCUT2D eigenvalue weighted by atomic mass is 10.1. The van der Waals surface area contributed by atoms with E-state index < -0.39 is 0 Å². The highest BCUT2D eigenvalue weighted by Gasteiger charge is 2.38. The van der Waals surface area contributed by atoms with Gasteiger partial charge in [-0.05, 0) is 55.8 Å². The molecule has 2 aliphatic rings. The lowest BCUT2D eigenvalue weighted by molar-refractivity contribution is 0.539. The number of nitrogens with zero attached hydrogens (tertiary/aromatic N) is 1. The highest BCUT2D eigenvalue weighted by molar-refractivity contribution is 5.51. The van der Waals surface area contributed by atoms with E-state index in [1.165, 1.54) is 19.3 Å². The Morgan fingerprint density at radius 2 is 2.26 bits per heavy atom. The van der Waals surface area contributed by atoms with Crippen LogP contribution in [0.15, 0.2) is 18.2 Å². The molecule has 3 heteroatoms. The summed E-state index contributed by atoms with van der Waals surface area (Å²) in [5.74, 6) is 0.749. The zero-order chi connectivity index (χ0) is 13.2. The van der Waals surface area contributed by atoms with Crippen molar-refractivity contribution in [3.05, 3.63) is 29.6 Å². The largest absolute Gasteiger partial charge is 0.366 e. The monoisotopic (exact) mass is 262 g/mol. The summed E-state index contributed by atoms with van der Waals surface area (Å²) in [6, 6.07) is 6.32. The van der Waals surface area contributed by atoms with E-state index in [4.69, 9.17) is 0 Å². The van der Waals surface area contributed by atoms with Crippen molar-refractivity contribution in [1.82, 2.24) is 5.32 Å². The molecule has 1 aromatic rings.